The minimum absolute atomic E-state index is 0.111. The molecular formula is C19H23NO4. The van der Waals surface area contributed by atoms with Crippen molar-refractivity contribution in [3.63, 3.8) is 0 Å². The second-order valence-corrected chi connectivity index (χ2v) is 7.48. The van der Waals surface area contributed by atoms with Crippen LogP contribution in [-0.4, -0.2) is 40.6 Å². The van der Waals surface area contributed by atoms with Gasteiger partial charge in [0.2, 0.25) is 0 Å². The standard InChI is InChI=1S/C19H23NO4/c1-10-6-13-8-16(24-15(13)7-11(10)2)18(21)20-9-12-4-3-5-14(12)17(20)19(22)23/h6-7,12,14,16-17H,3-5,8-9H2,1-2H3,(H,22,23). The van der Waals surface area contributed by atoms with E-state index in [-0.39, 0.29) is 11.8 Å². The number of nitrogens with zero attached hydrogens (tertiary/aromatic N) is 1. The Hall–Kier alpha value is -2.04. The molecule has 1 saturated heterocycles. The summed E-state index contributed by atoms with van der Waals surface area (Å²) in [6.07, 6.45) is 2.97. The van der Waals surface area contributed by atoms with E-state index in [0.29, 0.717) is 18.9 Å². The van der Waals surface area contributed by atoms with E-state index in [4.69, 9.17) is 4.74 Å². The minimum atomic E-state index is -0.875. The normalized spacial score (nSPS) is 30.8. The second-order valence-electron chi connectivity index (χ2n) is 7.48. The Kier molecular flexibility index (Phi) is 3.55. The van der Waals surface area contributed by atoms with Gasteiger partial charge in [0.15, 0.2) is 6.10 Å². The Morgan fingerprint density at radius 2 is 1.96 bits per heavy atom. The lowest BCUT2D eigenvalue weighted by molar-refractivity contribution is -0.152. The number of rotatable bonds is 2. The van der Waals surface area contributed by atoms with Gasteiger partial charge in [-0.05, 0) is 61.3 Å². The molecule has 2 aliphatic heterocycles. The largest absolute Gasteiger partial charge is 0.480 e. The molecule has 4 rings (SSSR count). The van der Waals surface area contributed by atoms with Gasteiger partial charge in [-0.15, -0.1) is 0 Å². The molecule has 1 aliphatic carbocycles. The molecule has 2 fully saturated rings. The number of likely N-dealkylation sites (tertiary alicyclic amines) is 1. The highest BCUT2D eigenvalue weighted by atomic mass is 16.5. The Morgan fingerprint density at radius 3 is 2.71 bits per heavy atom. The third kappa shape index (κ3) is 2.29. The van der Waals surface area contributed by atoms with Crippen LogP contribution in [0.4, 0.5) is 0 Å². The van der Waals surface area contributed by atoms with Gasteiger partial charge in [0, 0.05) is 13.0 Å². The van der Waals surface area contributed by atoms with Gasteiger partial charge in [0.25, 0.3) is 5.91 Å². The second kappa shape index (κ2) is 5.50. The van der Waals surface area contributed by atoms with E-state index in [1.807, 2.05) is 19.9 Å². The maximum atomic E-state index is 13.0. The molecule has 1 N–H and O–H groups in total. The van der Waals surface area contributed by atoms with E-state index >= 15 is 0 Å². The SMILES string of the molecule is Cc1cc2c(cc1C)OC(C(=O)N1CC3CCCC3C1C(=O)O)C2. The van der Waals surface area contributed by atoms with Crippen LogP contribution in [0.5, 0.6) is 5.75 Å². The van der Waals surface area contributed by atoms with Crippen molar-refractivity contribution >= 4 is 11.9 Å². The highest BCUT2D eigenvalue weighted by Crippen LogP contribution is 2.43. The van der Waals surface area contributed by atoms with Crippen LogP contribution in [0.3, 0.4) is 0 Å². The smallest absolute Gasteiger partial charge is 0.326 e. The fraction of sp³-hybridized carbons (Fsp3) is 0.579. The molecule has 5 nitrogen and oxygen atoms in total. The van der Waals surface area contributed by atoms with Gasteiger partial charge in [-0.2, -0.15) is 0 Å². The predicted octanol–water partition coefficient (Wildman–Crippen LogP) is 2.32. The van der Waals surface area contributed by atoms with Crippen molar-refractivity contribution in [2.75, 3.05) is 6.54 Å². The summed E-state index contributed by atoms with van der Waals surface area (Å²) in [6, 6.07) is 3.37. The Bertz CT molecular complexity index is 683. The Balaban J connectivity index is 1.55. The Labute approximate surface area is 141 Å². The maximum Gasteiger partial charge on any atom is 0.326 e. The number of ether oxygens (including phenoxy) is 1. The highest BCUT2D eigenvalue weighted by molar-refractivity contribution is 5.88. The first kappa shape index (κ1) is 15.5. The predicted molar refractivity (Wildman–Crippen MR) is 88.0 cm³/mol. The lowest BCUT2D eigenvalue weighted by Gasteiger charge is -2.26. The number of carboxylic acid groups (broad SMARTS) is 1. The molecule has 0 radical (unpaired) electrons. The van der Waals surface area contributed by atoms with Crippen LogP contribution in [0.15, 0.2) is 12.1 Å². The molecule has 5 heteroatoms. The molecule has 1 aromatic rings. The van der Waals surface area contributed by atoms with Crippen molar-refractivity contribution in [1.82, 2.24) is 4.90 Å². The lowest BCUT2D eigenvalue weighted by Crippen LogP contribution is -2.48. The molecule has 0 bridgehead atoms. The van der Waals surface area contributed by atoms with Crippen molar-refractivity contribution in [1.29, 1.82) is 0 Å². The highest BCUT2D eigenvalue weighted by Gasteiger charge is 2.51. The summed E-state index contributed by atoms with van der Waals surface area (Å²) < 4.78 is 5.88. The molecule has 1 saturated carbocycles. The van der Waals surface area contributed by atoms with Crippen molar-refractivity contribution in [3.8, 4) is 5.75 Å². The van der Waals surface area contributed by atoms with E-state index in [9.17, 15) is 14.7 Å². The zero-order chi connectivity index (χ0) is 17.0. The average molecular weight is 329 g/mol. The molecule has 128 valence electrons. The molecule has 4 unspecified atom stereocenters. The first-order valence-corrected chi connectivity index (χ1v) is 8.75. The summed E-state index contributed by atoms with van der Waals surface area (Å²) in [7, 11) is 0. The summed E-state index contributed by atoms with van der Waals surface area (Å²) in [5, 5.41) is 9.63. The fourth-order valence-corrected chi connectivity index (χ4v) is 4.68. The van der Waals surface area contributed by atoms with Gasteiger partial charge >= 0.3 is 5.97 Å². The number of carboxylic acids is 1. The van der Waals surface area contributed by atoms with Crippen LogP contribution >= 0.6 is 0 Å². The van der Waals surface area contributed by atoms with Crippen molar-refractivity contribution in [3.05, 3.63) is 28.8 Å². The molecule has 24 heavy (non-hydrogen) atoms. The first-order chi connectivity index (χ1) is 11.5. The number of hydrogen-bond donors (Lipinski definition) is 1. The van der Waals surface area contributed by atoms with Gasteiger partial charge in [0.05, 0.1) is 0 Å². The van der Waals surface area contributed by atoms with Crippen LogP contribution in [0.25, 0.3) is 0 Å². The molecule has 4 atom stereocenters. The third-order valence-corrected chi connectivity index (χ3v) is 6.05. The number of hydrogen-bond acceptors (Lipinski definition) is 3. The molecule has 2 heterocycles. The number of fused-ring (bicyclic) bond motifs is 2. The number of carbonyl (C=O) groups excluding carboxylic acids is 1. The van der Waals surface area contributed by atoms with Crippen LogP contribution < -0.4 is 4.74 Å². The molecule has 3 aliphatic rings. The monoisotopic (exact) mass is 329 g/mol. The Morgan fingerprint density at radius 1 is 1.21 bits per heavy atom. The maximum absolute atomic E-state index is 13.0. The summed E-state index contributed by atoms with van der Waals surface area (Å²) in [6.45, 7) is 4.64. The van der Waals surface area contributed by atoms with E-state index in [0.717, 1.165) is 36.1 Å². The summed E-state index contributed by atoms with van der Waals surface area (Å²) >= 11 is 0. The summed E-state index contributed by atoms with van der Waals surface area (Å²) in [5.74, 6) is 0.175. The van der Waals surface area contributed by atoms with Crippen molar-refractivity contribution in [2.24, 2.45) is 11.8 Å². The molecule has 1 amide bonds. The number of benzene rings is 1. The van der Waals surface area contributed by atoms with E-state index in [2.05, 4.69) is 6.07 Å². The van der Waals surface area contributed by atoms with Gasteiger partial charge in [-0.1, -0.05) is 12.5 Å². The molecule has 0 aromatic heterocycles. The molecular weight excluding hydrogens is 306 g/mol. The minimum Gasteiger partial charge on any atom is -0.480 e. The summed E-state index contributed by atoms with van der Waals surface area (Å²) in [4.78, 5) is 26.3. The fourth-order valence-electron chi connectivity index (χ4n) is 4.68. The topological polar surface area (TPSA) is 66.8 Å². The van der Waals surface area contributed by atoms with Crippen molar-refractivity contribution < 1.29 is 19.4 Å². The first-order valence-electron chi connectivity index (χ1n) is 8.75. The third-order valence-electron chi connectivity index (χ3n) is 6.05. The zero-order valence-electron chi connectivity index (χ0n) is 14.1. The number of carbonyl (C=O) groups is 2. The quantitative estimate of drug-likeness (QED) is 0.904. The number of amides is 1. The van der Waals surface area contributed by atoms with Gasteiger partial charge in [-0.3, -0.25) is 4.79 Å². The van der Waals surface area contributed by atoms with Gasteiger partial charge < -0.3 is 14.7 Å². The zero-order valence-corrected chi connectivity index (χ0v) is 14.1. The van der Waals surface area contributed by atoms with Crippen LogP contribution in [-0.2, 0) is 16.0 Å². The molecule has 0 spiro atoms. The summed E-state index contributed by atoms with van der Waals surface area (Å²) in [5.41, 5.74) is 3.37. The molecule has 1 aromatic carbocycles. The van der Waals surface area contributed by atoms with Crippen molar-refractivity contribution in [2.45, 2.75) is 51.7 Å². The number of aryl methyl sites for hydroxylation is 2. The van der Waals surface area contributed by atoms with Crippen LogP contribution in [0.1, 0.15) is 36.0 Å². The van der Waals surface area contributed by atoms with Crippen LogP contribution in [0.2, 0.25) is 0 Å². The van der Waals surface area contributed by atoms with E-state index < -0.39 is 18.1 Å². The number of aliphatic carboxylic acids is 1. The van der Waals surface area contributed by atoms with E-state index in [1.54, 1.807) is 4.90 Å². The van der Waals surface area contributed by atoms with Gasteiger partial charge in [0.1, 0.15) is 11.8 Å². The average Bonchev–Trinajstić information content (AvgIpc) is 3.19. The lowest BCUT2D eigenvalue weighted by atomic mass is 9.94. The van der Waals surface area contributed by atoms with E-state index in [1.165, 1.54) is 5.56 Å². The van der Waals surface area contributed by atoms with Crippen LogP contribution in [0, 0.1) is 25.7 Å². The van der Waals surface area contributed by atoms with Gasteiger partial charge in [-0.25, -0.2) is 4.79 Å².